The van der Waals surface area contributed by atoms with Crippen LogP contribution in [0.5, 0.6) is 5.75 Å². The molecule has 3 N–H and O–H groups in total. The van der Waals surface area contributed by atoms with Crippen LogP contribution in [0.3, 0.4) is 0 Å². The second kappa shape index (κ2) is 16.3. The molecule has 0 bridgehead atoms. The molecule has 0 amide bonds. The average molecular weight is 677 g/mol. The fraction of sp³-hybridized carbons (Fsp3) is 0.111. The predicted molar refractivity (Wildman–Crippen MR) is 175 cm³/mol. The lowest BCUT2D eigenvalue weighted by Crippen LogP contribution is -2.07. The van der Waals surface area contributed by atoms with Gasteiger partial charge in [0.05, 0.1) is 17.7 Å². The number of hydrogen-bond acceptors (Lipinski definition) is 6. The molecular formula is C36H30F2O9S. The van der Waals surface area contributed by atoms with Gasteiger partial charge in [0, 0.05) is 22.3 Å². The summed E-state index contributed by atoms with van der Waals surface area (Å²) >= 11 is 0. The molecule has 248 valence electrons. The molecule has 0 aliphatic carbocycles. The number of hydrogen-bond donors (Lipinski definition) is 3. The maximum atomic E-state index is 11.9. The summed E-state index contributed by atoms with van der Waals surface area (Å²) in [5.41, 5.74) is 3.61. The zero-order valence-electron chi connectivity index (χ0n) is 25.1. The van der Waals surface area contributed by atoms with Crippen LogP contribution in [0.25, 0.3) is 21.9 Å². The van der Waals surface area contributed by atoms with E-state index in [0.29, 0.717) is 16.6 Å². The minimum absolute atomic E-state index is 0.0742. The van der Waals surface area contributed by atoms with Gasteiger partial charge in [-0.15, -0.1) is 0 Å². The quantitative estimate of drug-likeness (QED) is 0.129. The number of halogens is 2. The van der Waals surface area contributed by atoms with E-state index in [9.17, 15) is 26.8 Å². The lowest BCUT2D eigenvalue weighted by atomic mass is 9.89. The van der Waals surface area contributed by atoms with Crippen molar-refractivity contribution >= 4 is 44.0 Å². The monoisotopic (exact) mass is 676 g/mol. The molecule has 0 saturated heterocycles. The summed E-state index contributed by atoms with van der Waals surface area (Å²) in [6.07, 6.45) is -0.211. The molecule has 6 aromatic rings. The van der Waals surface area contributed by atoms with Gasteiger partial charge in [-0.05, 0) is 41.5 Å². The SMILES string of the molecule is O=C(O)CC(c1ccccc1)c1ccccc1.O=C(O)Cc1ccccc1OC(F)F.O=S(=O)(O)c1ccc2oc3ccccc3c2c1. The molecule has 6 rings (SSSR count). The summed E-state index contributed by atoms with van der Waals surface area (Å²) < 4.78 is 64.5. The van der Waals surface area contributed by atoms with Gasteiger partial charge in [0.2, 0.25) is 0 Å². The van der Waals surface area contributed by atoms with E-state index in [1.54, 1.807) is 12.1 Å². The summed E-state index contributed by atoms with van der Waals surface area (Å²) in [6, 6.07) is 36.9. The number of carboxylic acid groups (broad SMARTS) is 2. The Hall–Kier alpha value is -5.59. The van der Waals surface area contributed by atoms with E-state index in [1.807, 2.05) is 84.9 Å². The number of benzene rings is 5. The summed E-state index contributed by atoms with van der Waals surface area (Å²) in [5, 5.41) is 19.0. The lowest BCUT2D eigenvalue weighted by molar-refractivity contribution is -0.137. The van der Waals surface area contributed by atoms with E-state index < -0.39 is 28.7 Å². The first-order chi connectivity index (χ1) is 22.9. The molecule has 0 unspecified atom stereocenters. The maximum absolute atomic E-state index is 11.9. The highest BCUT2D eigenvalue weighted by molar-refractivity contribution is 7.85. The Morgan fingerprint density at radius 1 is 0.688 bits per heavy atom. The predicted octanol–water partition coefficient (Wildman–Crippen LogP) is 8.04. The fourth-order valence-electron chi connectivity index (χ4n) is 4.86. The van der Waals surface area contributed by atoms with Crippen molar-refractivity contribution in [3.05, 3.63) is 144 Å². The Morgan fingerprint density at radius 2 is 1.23 bits per heavy atom. The largest absolute Gasteiger partial charge is 0.481 e. The van der Waals surface area contributed by atoms with Gasteiger partial charge in [0.25, 0.3) is 10.1 Å². The summed E-state index contributed by atoms with van der Waals surface area (Å²) in [4.78, 5) is 21.2. The number of carboxylic acids is 2. The Balaban J connectivity index is 0.000000164. The standard InChI is InChI=1S/C15H14O2.C12H8O4S.C9H8F2O3/c16-15(17)11-14(12-7-3-1-4-8-12)13-9-5-2-6-10-13;13-17(14,15)8-5-6-12-10(7-8)9-3-1-2-4-11(9)16-12;10-9(11)14-7-4-2-1-3-6(7)5-8(12)13/h1-10,14H,11H2,(H,16,17);1-7H,(H,13,14,15);1-4,9H,5H2,(H,12,13). The van der Waals surface area contributed by atoms with Gasteiger partial charge in [-0.3, -0.25) is 14.1 Å². The average Bonchev–Trinajstić information content (AvgIpc) is 3.43. The first kappa shape index (κ1) is 35.3. The number of ether oxygens (including phenoxy) is 1. The fourth-order valence-corrected chi connectivity index (χ4v) is 5.37. The molecule has 0 atom stereocenters. The van der Waals surface area contributed by atoms with Crippen molar-refractivity contribution < 1.29 is 50.7 Å². The van der Waals surface area contributed by atoms with Crippen LogP contribution in [-0.4, -0.2) is 41.7 Å². The van der Waals surface area contributed by atoms with Crippen molar-refractivity contribution in [3.63, 3.8) is 0 Å². The molecule has 0 fully saturated rings. The highest BCUT2D eigenvalue weighted by Gasteiger charge is 2.17. The molecule has 12 heteroatoms. The minimum Gasteiger partial charge on any atom is -0.481 e. The van der Waals surface area contributed by atoms with E-state index in [-0.39, 0.29) is 35.0 Å². The molecule has 1 aromatic heterocycles. The lowest BCUT2D eigenvalue weighted by Gasteiger charge is -2.15. The molecule has 5 aromatic carbocycles. The third-order valence-electron chi connectivity index (χ3n) is 6.96. The number of alkyl halides is 2. The van der Waals surface area contributed by atoms with Gasteiger partial charge >= 0.3 is 18.6 Å². The van der Waals surface area contributed by atoms with E-state index in [2.05, 4.69) is 4.74 Å². The topological polar surface area (TPSA) is 151 Å². The second-order valence-electron chi connectivity index (χ2n) is 10.3. The smallest absolute Gasteiger partial charge is 0.387 e. The zero-order chi connectivity index (χ0) is 34.7. The van der Waals surface area contributed by atoms with Crippen molar-refractivity contribution in [1.29, 1.82) is 0 Å². The van der Waals surface area contributed by atoms with Crippen molar-refractivity contribution in [2.75, 3.05) is 0 Å². The third kappa shape index (κ3) is 9.95. The molecule has 0 aliphatic rings. The number of para-hydroxylation sites is 2. The Kier molecular flexibility index (Phi) is 12.0. The Labute approximate surface area is 274 Å². The third-order valence-corrected chi connectivity index (χ3v) is 7.81. The highest BCUT2D eigenvalue weighted by atomic mass is 32.2. The number of aliphatic carboxylic acids is 2. The van der Waals surface area contributed by atoms with E-state index in [0.717, 1.165) is 16.5 Å². The number of fused-ring (bicyclic) bond motifs is 3. The van der Waals surface area contributed by atoms with Gasteiger partial charge in [-0.25, -0.2) is 0 Å². The summed E-state index contributed by atoms with van der Waals surface area (Å²) in [6.45, 7) is -2.94. The minimum atomic E-state index is -4.18. The summed E-state index contributed by atoms with van der Waals surface area (Å²) in [7, 11) is -4.18. The van der Waals surface area contributed by atoms with E-state index in [1.165, 1.54) is 30.3 Å². The van der Waals surface area contributed by atoms with Crippen LogP contribution in [0.1, 0.15) is 29.0 Å². The summed E-state index contributed by atoms with van der Waals surface area (Å²) in [5.74, 6) is -2.03. The van der Waals surface area contributed by atoms with Crippen molar-refractivity contribution in [2.45, 2.75) is 30.3 Å². The van der Waals surface area contributed by atoms with E-state index in [4.69, 9.17) is 19.2 Å². The van der Waals surface area contributed by atoms with Gasteiger partial charge in [0.15, 0.2) is 0 Å². The van der Waals surface area contributed by atoms with Gasteiger partial charge in [0.1, 0.15) is 16.9 Å². The molecule has 48 heavy (non-hydrogen) atoms. The maximum Gasteiger partial charge on any atom is 0.387 e. The van der Waals surface area contributed by atoms with Crippen LogP contribution in [0.15, 0.2) is 137 Å². The van der Waals surface area contributed by atoms with Crippen LogP contribution in [0, 0.1) is 0 Å². The highest BCUT2D eigenvalue weighted by Crippen LogP contribution is 2.30. The van der Waals surface area contributed by atoms with Crippen LogP contribution >= 0.6 is 0 Å². The molecular weight excluding hydrogens is 646 g/mol. The molecule has 9 nitrogen and oxygen atoms in total. The molecule has 0 spiro atoms. The normalized spacial score (nSPS) is 11.0. The first-order valence-corrected chi connectivity index (χ1v) is 15.8. The number of furan rings is 1. The van der Waals surface area contributed by atoms with Crippen molar-refractivity contribution in [2.24, 2.45) is 0 Å². The van der Waals surface area contributed by atoms with Crippen LogP contribution in [0.2, 0.25) is 0 Å². The van der Waals surface area contributed by atoms with Gasteiger partial charge in [-0.2, -0.15) is 17.2 Å². The Bertz CT molecular complexity index is 2040. The number of rotatable bonds is 9. The molecule has 0 aliphatic heterocycles. The van der Waals surface area contributed by atoms with E-state index >= 15 is 0 Å². The Morgan fingerprint density at radius 3 is 1.79 bits per heavy atom. The van der Waals surface area contributed by atoms with Crippen LogP contribution in [-0.2, 0) is 26.1 Å². The molecule has 1 heterocycles. The van der Waals surface area contributed by atoms with Crippen LogP contribution in [0.4, 0.5) is 8.78 Å². The van der Waals surface area contributed by atoms with Gasteiger partial charge < -0.3 is 19.4 Å². The zero-order valence-corrected chi connectivity index (χ0v) is 26.0. The number of carbonyl (C=O) groups is 2. The van der Waals surface area contributed by atoms with Crippen molar-refractivity contribution in [3.8, 4) is 5.75 Å². The van der Waals surface area contributed by atoms with Crippen molar-refractivity contribution in [1.82, 2.24) is 0 Å². The first-order valence-electron chi connectivity index (χ1n) is 14.4. The second-order valence-corrected chi connectivity index (χ2v) is 11.7. The van der Waals surface area contributed by atoms with Crippen LogP contribution < -0.4 is 4.74 Å². The molecule has 0 radical (unpaired) electrons. The molecule has 0 saturated carbocycles. The van der Waals surface area contributed by atoms with Gasteiger partial charge in [-0.1, -0.05) is 97.1 Å².